The normalized spacial score (nSPS) is 12.1. The quantitative estimate of drug-likeness (QED) is 0.510. The first-order valence-electron chi connectivity index (χ1n) is 4.49. The van der Waals surface area contributed by atoms with Gasteiger partial charge in [-0.1, -0.05) is 0 Å². The second-order valence-electron chi connectivity index (χ2n) is 3.30. The topological polar surface area (TPSA) is 81.1 Å². The molecule has 0 aliphatic heterocycles. The second kappa shape index (κ2) is 4.59. The summed E-state index contributed by atoms with van der Waals surface area (Å²) in [6.07, 6.45) is 1.50. The maximum Gasteiger partial charge on any atom is 0.189 e. The van der Waals surface area contributed by atoms with E-state index in [0.717, 1.165) is 5.82 Å². The molecule has 0 fully saturated rings. The van der Waals surface area contributed by atoms with Crippen molar-refractivity contribution < 1.29 is 0 Å². The summed E-state index contributed by atoms with van der Waals surface area (Å²) < 4.78 is 1.67. The van der Waals surface area contributed by atoms with E-state index in [9.17, 15) is 0 Å². The maximum absolute atomic E-state index is 5.62. The van der Waals surface area contributed by atoms with Gasteiger partial charge in [-0.25, -0.2) is 9.98 Å². The average molecular weight is 196 g/mol. The van der Waals surface area contributed by atoms with Crippen molar-refractivity contribution in [3.05, 3.63) is 12.2 Å². The van der Waals surface area contributed by atoms with Gasteiger partial charge in [-0.05, 0) is 13.8 Å². The number of hydrogen-bond donors (Lipinski definition) is 2. The molecule has 1 heterocycles. The van der Waals surface area contributed by atoms with Crippen molar-refractivity contribution in [2.75, 3.05) is 0 Å². The molecule has 0 saturated carbocycles. The van der Waals surface area contributed by atoms with Crippen LogP contribution < -0.4 is 11.1 Å². The van der Waals surface area contributed by atoms with Crippen molar-refractivity contribution >= 4 is 5.96 Å². The molecule has 78 valence electrons. The first kappa shape index (κ1) is 10.5. The molecule has 0 saturated heterocycles. The van der Waals surface area contributed by atoms with E-state index in [1.54, 1.807) is 4.68 Å². The predicted molar refractivity (Wildman–Crippen MR) is 54.6 cm³/mol. The maximum atomic E-state index is 5.62. The number of rotatable bonds is 3. The highest BCUT2D eigenvalue weighted by Gasteiger charge is 1.99. The van der Waals surface area contributed by atoms with Gasteiger partial charge in [-0.15, -0.1) is 0 Å². The van der Waals surface area contributed by atoms with Crippen LogP contribution in [-0.2, 0) is 13.6 Å². The Kier molecular flexibility index (Phi) is 3.44. The number of aryl methyl sites for hydroxylation is 1. The van der Waals surface area contributed by atoms with Crippen molar-refractivity contribution in [3.8, 4) is 0 Å². The number of nitrogens with zero attached hydrogens (tertiary/aromatic N) is 4. The van der Waals surface area contributed by atoms with Crippen molar-refractivity contribution in [1.82, 2.24) is 20.1 Å². The van der Waals surface area contributed by atoms with Gasteiger partial charge in [-0.2, -0.15) is 5.10 Å². The van der Waals surface area contributed by atoms with E-state index < -0.39 is 0 Å². The highest BCUT2D eigenvalue weighted by molar-refractivity contribution is 5.77. The summed E-state index contributed by atoms with van der Waals surface area (Å²) in [5.41, 5.74) is 5.62. The zero-order valence-electron chi connectivity index (χ0n) is 8.73. The van der Waals surface area contributed by atoms with E-state index in [1.165, 1.54) is 6.33 Å². The molecular weight excluding hydrogens is 180 g/mol. The highest BCUT2D eigenvalue weighted by atomic mass is 15.3. The summed E-state index contributed by atoms with van der Waals surface area (Å²) in [6, 6.07) is 0.290. The summed E-state index contributed by atoms with van der Waals surface area (Å²) >= 11 is 0. The van der Waals surface area contributed by atoms with E-state index in [4.69, 9.17) is 5.73 Å². The van der Waals surface area contributed by atoms with Gasteiger partial charge in [0.2, 0.25) is 0 Å². The molecule has 0 aromatic carbocycles. The van der Waals surface area contributed by atoms with Crippen molar-refractivity contribution in [2.24, 2.45) is 17.8 Å². The van der Waals surface area contributed by atoms with Gasteiger partial charge in [0.15, 0.2) is 5.96 Å². The van der Waals surface area contributed by atoms with E-state index in [2.05, 4.69) is 20.4 Å². The summed E-state index contributed by atoms with van der Waals surface area (Å²) in [4.78, 5) is 8.16. The van der Waals surface area contributed by atoms with Gasteiger partial charge >= 0.3 is 0 Å². The minimum Gasteiger partial charge on any atom is -0.370 e. The van der Waals surface area contributed by atoms with Crippen LogP contribution in [0.1, 0.15) is 19.7 Å². The monoisotopic (exact) mass is 196 g/mol. The molecule has 0 atom stereocenters. The molecule has 1 rings (SSSR count). The van der Waals surface area contributed by atoms with Crippen LogP contribution in [0.15, 0.2) is 11.3 Å². The van der Waals surface area contributed by atoms with Crippen LogP contribution in [-0.4, -0.2) is 26.8 Å². The van der Waals surface area contributed by atoms with Crippen LogP contribution in [0.25, 0.3) is 0 Å². The van der Waals surface area contributed by atoms with Gasteiger partial charge in [-0.3, -0.25) is 4.68 Å². The minimum atomic E-state index is 0.290. The molecule has 0 bridgehead atoms. The number of aliphatic imine (C=N–C) groups is 1. The van der Waals surface area contributed by atoms with Crippen molar-refractivity contribution in [3.63, 3.8) is 0 Å². The molecule has 6 nitrogen and oxygen atoms in total. The fourth-order valence-corrected chi connectivity index (χ4v) is 0.961. The Morgan fingerprint density at radius 2 is 2.43 bits per heavy atom. The Bertz CT molecular complexity index is 313. The van der Waals surface area contributed by atoms with Gasteiger partial charge in [0.25, 0.3) is 0 Å². The Labute approximate surface area is 83.2 Å². The number of nitrogens with two attached hydrogens (primary N) is 1. The third kappa shape index (κ3) is 3.04. The van der Waals surface area contributed by atoms with Crippen LogP contribution in [0.3, 0.4) is 0 Å². The third-order valence-electron chi connectivity index (χ3n) is 1.63. The number of nitrogens with one attached hydrogen (secondary N) is 1. The predicted octanol–water partition coefficient (Wildman–Crippen LogP) is -0.372. The lowest BCUT2D eigenvalue weighted by atomic mass is 10.4. The van der Waals surface area contributed by atoms with Crippen molar-refractivity contribution in [2.45, 2.75) is 26.4 Å². The van der Waals surface area contributed by atoms with Gasteiger partial charge in [0, 0.05) is 13.1 Å². The first-order valence-corrected chi connectivity index (χ1v) is 4.49. The molecular formula is C8H16N6. The van der Waals surface area contributed by atoms with Crippen LogP contribution >= 0.6 is 0 Å². The Hall–Kier alpha value is -1.59. The molecule has 14 heavy (non-hydrogen) atoms. The largest absolute Gasteiger partial charge is 0.370 e. The molecule has 0 spiro atoms. The number of guanidine groups is 1. The molecule has 6 heteroatoms. The Morgan fingerprint density at radius 3 is 2.93 bits per heavy atom. The highest BCUT2D eigenvalue weighted by Crippen LogP contribution is 1.92. The van der Waals surface area contributed by atoms with Crippen molar-refractivity contribution in [1.29, 1.82) is 0 Å². The molecule has 1 aromatic rings. The Balaban J connectivity index is 2.50. The van der Waals surface area contributed by atoms with Gasteiger partial charge < -0.3 is 11.1 Å². The fraction of sp³-hybridized carbons (Fsp3) is 0.625. The minimum absolute atomic E-state index is 0.290. The van der Waals surface area contributed by atoms with E-state index in [-0.39, 0.29) is 0 Å². The number of hydrogen-bond acceptors (Lipinski definition) is 3. The summed E-state index contributed by atoms with van der Waals surface area (Å²) in [5, 5.41) is 6.93. The summed E-state index contributed by atoms with van der Waals surface area (Å²) in [7, 11) is 1.82. The lowest BCUT2D eigenvalue weighted by Crippen LogP contribution is -2.36. The smallest absolute Gasteiger partial charge is 0.189 e. The molecule has 0 radical (unpaired) electrons. The van der Waals surface area contributed by atoms with Crippen LogP contribution in [0, 0.1) is 0 Å². The SMILES string of the molecule is CC(C)NC(N)=NCc1ncnn1C. The second-order valence-corrected chi connectivity index (χ2v) is 3.30. The van der Waals surface area contributed by atoms with E-state index >= 15 is 0 Å². The molecule has 0 aliphatic rings. The molecule has 0 amide bonds. The summed E-state index contributed by atoms with van der Waals surface area (Å²) in [6.45, 7) is 4.46. The van der Waals surface area contributed by atoms with Gasteiger partial charge in [0.05, 0.1) is 0 Å². The van der Waals surface area contributed by atoms with Crippen LogP contribution in [0.5, 0.6) is 0 Å². The molecule has 1 aromatic heterocycles. The zero-order valence-corrected chi connectivity index (χ0v) is 8.73. The lowest BCUT2D eigenvalue weighted by Gasteiger charge is -2.07. The molecule has 0 aliphatic carbocycles. The first-order chi connectivity index (χ1) is 6.59. The molecule has 0 unspecified atom stereocenters. The van der Waals surface area contributed by atoms with Gasteiger partial charge in [0.1, 0.15) is 18.7 Å². The average Bonchev–Trinajstić information content (AvgIpc) is 2.46. The van der Waals surface area contributed by atoms with Crippen LogP contribution in [0.4, 0.5) is 0 Å². The molecule has 3 N–H and O–H groups in total. The lowest BCUT2D eigenvalue weighted by molar-refractivity contribution is 0.692. The van der Waals surface area contributed by atoms with Crippen LogP contribution in [0.2, 0.25) is 0 Å². The van der Waals surface area contributed by atoms with E-state index in [0.29, 0.717) is 18.5 Å². The standard InChI is InChI=1S/C8H16N6/c1-6(2)13-8(9)10-4-7-11-5-12-14(7)3/h5-6H,4H2,1-3H3,(H3,9,10,13). The third-order valence-corrected chi connectivity index (χ3v) is 1.63. The number of aromatic nitrogens is 3. The van der Waals surface area contributed by atoms with E-state index in [1.807, 2.05) is 20.9 Å². The fourth-order valence-electron chi connectivity index (χ4n) is 0.961. The zero-order chi connectivity index (χ0) is 10.6. The Morgan fingerprint density at radius 1 is 1.71 bits per heavy atom. The summed E-state index contributed by atoms with van der Waals surface area (Å²) in [5.74, 6) is 1.22.